The molecular formula is C7H12FNO2. The first kappa shape index (κ1) is 8.46. The van der Waals surface area contributed by atoms with Gasteiger partial charge in [-0.15, -0.1) is 0 Å². The maximum absolute atomic E-state index is 11.6. The third-order valence-electron chi connectivity index (χ3n) is 1.72. The van der Waals surface area contributed by atoms with Gasteiger partial charge in [0.05, 0.1) is 12.7 Å². The molecule has 1 saturated heterocycles. The number of amides is 1. The van der Waals surface area contributed by atoms with Gasteiger partial charge in [0.2, 0.25) is 5.91 Å². The zero-order chi connectivity index (χ0) is 8.27. The van der Waals surface area contributed by atoms with Gasteiger partial charge in [-0.2, -0.15) is 0 Å². The Morgan fingerprint density at radius 3 is 2.82 bits per heavy atom. The first-order valence-corrected chi connectivity index (χ1v) is 3.67. The third-order valence-corrected chi connectivity index (χ3v) is 1.72. The molecule has 0 radical (unpaired) electrons. The highest BCUT2D eigenvalue weighted by molar-refractivity contribution is 5.74. The van der Waals surface area contributed by atoms with E-state index in [-0.39, 0.29) is 18.6 Å². The maximum Gasteiger partial charge on any atom is 0.219 e. The van der Waals surface area contributed by atoms with Gasteiger partial charge >= 0.3 is 0 Å². The summed E-state index contributed by atoms with van der Waals surface area (Å²) >= 11 is 0. The molecule has 0 spiro atoms. The van der Waals surface area contributed by atoms with E-state index in [1.165, 1.54) is 6.92 Å². The molecule has 1 fully saturated rings. The van der Waals surface area contributed by atoms with Crippen LogP contribution in [0.3, 0.4) is 0 Å². The average molecular weight is 161 g/mol. The fraction of sp³-hybridized carbons (Fsp3) is 0.857. The number of carbonyl (C=O) groups excluding carboxylic acids is 1. The SMILES string of the molecule is CC(=O)N1CC(OCCF)C1. The third kappa shape index (κ3) is 2.15. The number of halogens is 1. The van der Waals surface area contributed by atoms with Gasteiger partial charge in [-0.25, -0.2) is 4.39 Å². The van der Waals surface area contributed by atoms with Crippen molar-refractivity contribution in [1.29, 1.82) is 0 Å². The smallest absolute Gasteiger partial charge is 0.219 e. The molecule has 0 bridgehead atoms. The molecule has 1 heterocycles. The molecule has 0 unspecified atom stereocenters. The Morgan fingerprint density at radius 1 is 1.73 bits per heavy atom. The summed E-state index contributed by atoms with van der Waals surface area (Å²) in [6.07, 6.45) is 0.0645. The fourth-order valence-electron chi connectivity index (χ4n) is 1.01. The number of hydrogen-bond donors (Lipinski definition) is 0. The summed E-state index contributed by atoms with van der Waals surface area (Å²) in [6, 6.07) is 0. The van der Waals surface area contributed by atoms with Crippen LogP contribution in [0.25, 0.3) is 0 Å². The minimum Gasteiger partial charge on any atom is -0.372 e. The molecule has 1 rings (SSSR count). The summed E-state index contributed by atoms with van der Waals surface area (Å²) in [4.78, 5) is 12.3. The minimum atomic E-state index is -0.448. The number of rotatable bonds is 3. The van der Waals surface area contributed by atoms with Gasteiger partial charge in [-0.1, -0.05) is 0 Å². The molecule has 0 aromatic heterocycles. The molecule has 3 nitrogen and oxygen atoms in total. The number of hydrogen-bond acceptors (Lipinski definition) is 2. The highest BCUT2D eigenvalue weighted by Crippen LogP contribution is 2.10. The van der Waals surface area contributed by atoms with Crippen LogP contribution in [0.2, 0.25) is 0 Å². The Balaban J connectivity index is 2.05. The molecule has 1 aliphatic heterocycles. The van der Waals surface area contributed by atoms with Crippen LogP contribution in [0, 0.1) is 0 Å². The van der Waals surface area contributed by atoms with Gasteiger partial charge in [-0.05, 0) is 0 Å². The van der Waals surface area contributed by atoms with Crippen LogP contribution in [-0.2, 0) is 9.53 Å². The summed E-state index contributed by atoms with van der Waals surface area (Å²) < 4.78 is 16.6. The van der Waals surface area contributed by atoms with E-state index in [4.69, 9.17) is 4.74 Å². The van der Waals surface area contributed by atoms with Crippen molar-refractivity contribution in [2.45, 2.75) is 13.0 Å². The average Bonchev–Trinajstić information content (AvgIpc) is 1.84. The van der Waals surface area contributed by atoms with Gasteiger partial charge in [0.15, 0.2) is 0 Å². The van der Waals surface area contributed by atoms with Crippen molar-refractivity contribution < 1.29 is 13.9 Å². The van der Waals surface area contributed by atoms with Gasteiger partial charge < -0.3 is 9.64 Å². The van der Waals surface area contributed by atoms with Crippen molar-refractivity contribution in [2.24, 2.45) is 0 Å². The van der Waals surface area contributed by atoms with Crippen molar-refractivity contribution in [3.05, 3.63) is 0 Å². The lowest BCUT2D eigenvalue weighted by molar-refractivity contribution is -0.142. The minimum absolute atomic E-state index is 0.0603. The molecular weight excluding hydrogens is 149 g/mol. The van der Waals surface area contributed by atoms with Crippen LogP contribution < -0.4 is 0 Å². The molecule has 64 valence electrons. The summed E-state index contributed by atoms with van der Waals surface area (Å²) in [6.45, 7) is 2.46. The standard InChI is InChI=1S/C7H12FNO2/c1-6(10)9-4-7(5-9)11-3-2-8/h7H,2-5H2,1H3. The molecule has 1 aliphatic rings. The quantitative estimate of drug-likeness (QED) is 0.592. The molecule has 0 N–H and O–H groups in total. The van der Waals surface area contributed by atoms with Crippen LogP contribution in [-0.4, -0.2) is 43.3 Å². The predicted octanol–water partition coefficient (Wildman–Crippen LogP) is 0.203. The largest absolute Gasteiger partial charge is 0.372 e. The van der Waals surface area contributed by atoms with Crippen LogP contribution >= 0.6 is 0 Å². The Hall–Kier alpha value is -0.640. The summed E-state index contributed by atoms with van der Waals surface area (Å²) in [5, 5.41) is 0. The van der Waals surface area contributed by atoms with Crippen molar-refractivity contribution >= 4 is 5.91 Å². The topological polar surface area (TPSA) is 29.5 Å². The van der Waals surface area contributed by atoms with E-state index >= 15 is 0 Å². The second-order valence-electron chi connectivity index (χ2n) is 2.61. The Bertz CT molecular complexity index is 145. The highest BCUT2D eigenvalue weighted by atomic mass is 19.1. The molecule has 4 heteroatoms. The number of carbonyl (C=O) groups is 1. The van der Waals surface area contributed by atoms with E-state index in [0.29, 0.717) is 13.1 Å². The lowest BCUT2D eigenvalue weighted by atomic mass is 10.2. The lowest BCUT2D eigenvalue weighted by Crippen LogP contribution is -2.54. The first-order chi connectivity index (χ1) is 5.24. The van der Waals surface area contributed by atoms with Gasteiger partial charge in [-0.3, -0.25) is 4.79 Å². The number of likely N-dealkylation sites (tertiary alicyclic amines) is 1. The first-order valence-electron chi connectivity index (χ1n) is 3.67. The zero-order valence-electron chi connectivity index (χ0n) is 6.55. The van der Waals surface area contributed by atoms with Crippen molar-refractivity contribution in [3.63, 3.8) is 0 Å². The molecule has 0 aromatic carbocycles. The second kappa shape index (κ2) is 3.67. The van der Waals surface area contributed by atoms with Crippen LogP contribution in [0.15, 0.2) is 0 Å². The molecule has 11 heavy (non-hydrogen) atoms. The Morgan fingerprint density at radius 2 is 2.36 bits per heavy atom. The van der Waals surface area contributed by atoms with Gasteiger partial charge in [0.25, 0.3) is 0 Å². The molecule has 0 aromatic rings. The molecule has 0 saturated carbocycles. The second-order valence-corrected chi connectivity index (χ2v) is 2.61. The van der Waals surface area contributed by atoms with Crippen LogP contribution in [0.4, 0.5) is 4.39 Å². The van der Waals surface area contributed by atoms with E-state index in [1.54, 1.807) is 4.90 Å². The number of ether oxygens (including phenoxy) is 1. The predicted molar refractivity (Wildman–Crippen MR) is 38.0 cm³/mol. The lowest BCUT2D eigenvalue weighted by Gasteiger charge is -2.37. The summed E-state index contributed by atoms with van der Waals surface area (Å²) in [7, 11) is 0. The monoisotopic (exact) mass is 161 g/mol. The fourth-order valence-corrected chi connectivity index (χ4v) is 1.01. The highest BCUT2D eigenvalue weighted by Gasteiger charge is 2.28. The van der Waals surface area contributed by atoms with Crippen LogP contribution in [0.1, 0.15) is 6.92 Å². The van der Waals surface area contributed by atoms with Crippen molar-refractivity contribution in [1.82, 2.24) is 4.90 Å². The van der Waals surface area contributed by atoms with E-state index in [9.17, 15) is 9.18 Å². The van der Waals surface area contributed by atoms with Crippen molar-refractivity contribution in [3.8, 4) is 0 Å². The van der Waals surface area contributed by atoms with Gasteiger partial charge in [0, 0.05) is 20.0 Å². The number of nitrogens with zero attached hydrogens (tertiary/aromatic N) is 1. The van der Waals surface area contributed by atoms with E-state index < -0.39 is 6.67 Å². The normalized spacial score (nSPS) is 18.2. The maximum atomic E-state index is 11.6. The number of alkyl halides is 1. The van der Waals surface area contributed by atoms with Crippen molar-refractivity contribution in [2.75, 3.05) is 26.4 Å². The molecule has 1 amide bonds. The van der Waals surface area contributed by atoms with E-state index in [2.05, 4.69) is 0 Å². The Kier molecular flexibility index (Phi) is 2.82. The summed E-state index contributed by atoms with van der Waals surface area (Å²) in [5.74, 6) is 0.0603. The van der Waals surface area contributed by atoms with Crippen LogP contribution in [0.5, 0.6) is 0 Å². The summed E-state index contributed by atoms with van der Waals surface area (Å²) in [5.41, 5.74) is 0. The Labute approximate surface area is 65.1 Å². The zero-order valence-corrected chi connectivity index (χ0v) is 6.55. The van der Waals surface area contributed by atoms with E-state index in [1.807, 2.05) is 0 Å². The van der Waals surface area contributed by atoms with Gasteiger partial charge in [0.1, 0.15) is 6.67 Å². The molecule has 0 atom stereocenters. The molecule has 0 aliphatic carbocycles. The van der Waals surface area contributed by atoms with E-state index in [0.717, 1.165) is 0 Å².